The first kappa shape index (κ1) is 15.6. The lowest BCUT2D eigenvalue weighted by Crippen LogP contribution is -2.34. The molecule has 1 aliphatic rings. The van der Waals surface area contributed by atoms with E-state index in [4.69, 9.17) is 9.84 Å². The Morgan fingerprint density at radius 2 is 2.10 bits per heavy atom. The SMILES string of the molecule is COc1csc(C(=O)N2C[C@@H](C(F)(F)F)[C@H](C(=O)O)C2)c1. The van der Waals surface area contributed by atoms with Gasteiger partial charge in [-0.15, -0.1) is 11.3 Å². The summed E-state index contributed by atoms with van der Waals surface area (Å²) in [4.78, 5) is 24.2. The maximum atomic E-state index is 12.9. The van der Waals surface area contributed by atoms with Gasteiger partial charge in [-0.2, -0.15) is 13.2 Å². The molecule has 2 rings (SSSR count). The Bertz CT molecular complexity index is 557. The number of carbonyl (C=O) groups is 2. The second kappa shape index (κ2) is 5.55. The lowest BCUT2D eigenvalue weighted by Gasteiger charge is -2.18. The summed E-state index contributed by atoms with van der Waals surface area (Å²) >= 11 is 1.04. The largest absolute Gasteiger partial charge is 0.496 e. The zero-order valence-corrected chi connectivity index (χ0v) is 11.7. The summed E-state index contributed by atoms with van der Waals surface area (Å²) in [5, 5.41) is 10.5. The van der Waals surface area contributed by atoms with Crippen LogP contribution in [0.15, 0.2) is 11.4 Å². The van der Waals surface area contributed by atoms with Gasteiger partial charge in [0.2, 0.25) is 0 Å². The number of alkyl halides is 3. The maximum absolute atomic E-state index is 12.9. The number of amides is 1. The van der Waals surface area contributed by atoms with Gasteiger partial charge in [0.25, 0.3) is 5.91 Å². The number of likely N-dealkylation sites (tertiary alicyclic amines) is 1. The Balaban J connectivity index is 2.18. The van der Waals surface area contributed by atoms with Crippen LogP contribution in [0.1, 0.15) is 9.67 Å². The summed E-state index contributed by atoms with van der Waals surface area (Å²) in [6.07, 6.45) is -4.65. The summed E-state index contributed by atoms with van der Waals surface area (Å²) in [7, 11) is 1.41. The van der Waals surface area contributed by atoms with E-state index in [1.54, 1.807) is 5.38 Å². The molecule has 2 heterocycles. The van der Waals surface area contributed by atoms with E-state index in [0.29, 0.717) is 5.75 Å². The number of halogens is 3. The van der Waals surface area contributed by atoms with Crippen molar-refractivity contribution in [3.8, 4) is 5.75 Å². The van der Waals surface area contributed by atoms with E-state index >= 15 is 0 Å². The number of hydrogen-bond acceptors (Lipinski definition) is 4. The molecule has 1 amide bonds. The number of ether oxygens (including phenoxy) is 1. The molecule has 0 unspecified atom stereocenters. The first-order chi connectivity index (χ1) is 9.74. The molecule has 2 atom stereocenters. The lowest BCUT2D eigenvalue weighted by molar-refractivity contribution is -0.187. The first-order valence-electron chi connectivity index (χ1n) is 5.95. The third-order valence-corrected chi connectivity index (χ3v) is 4.26. The molecule has 1 aromatic heterocycles. The highest BCUT2D eigenvalue weighted by Gasteiger charge is 2.53. The van der Waals surface area contributed by atoms with Crippen molar-refractivity contribution in [3.05, 3.63) is 16.3 Å². The summed E-state index contributed by atoms with van der Waals surface area (Å²) in [5.74, 6) is -5.39. The van der Waals surface area contributed by atoms with Gasteiger partial charge in [-0.25, -0.2) is 0 Å². The molecule has 21 heavy (non-hydrogen) atoms. The topological polar surface area (TPSA) is 66.8 Å². The molecule has 0 aliphatic carbocycles. The number of carbonyl (C=O) groups excluding carboxylic acids is 1. The van der Waals surface area contributed by atoms with Gasteiger partial charge in [-0.1, -0.05) is 0 Å². The van der Waals surface area contributed by atoms with Crippen molar-refractivity contribution >= 4 is 23.2 Å². The molecule has 1 aromatic rings. The van der Waals surface area contributed by atoms with Gasteiger partial charge < -0.3 is 14.7 Å². The quantitative estimate of drug-likeness (QED) is 0.925. The fourth-order valence-electron chi connectivity index (χ4n) is 2.25. The Kier molecular flexibility index (Phi) is 4.13. The molecule has 5 nitrogen and oxygen atoms in total. The number of nitrogens with zero attached hydrogens (tertiary/aromatic N) is 1. The Morgan fingerprint density at radius 1 is 1.43 bits per heavy atom. The maximum Gasteiger partial charge on any atom is 0.394 e. The van der Waals surface area contributed by atoms with E-state index < -0.39 is 43.0 Å². The normalized spacial score (nSPS) is 22.4. The van der Waals surface area contributed by atoms with Crippen molar-refractivity contribution in [3.63, 3.8) is 0 Å². The zero-order chi connectivity index (χ0) is 15.8. The van der Waals surface area contributed by atoms with Gasteiger partial charge in [0, 0.05) is 24.5 Å². The van der Waals surface area contributed by atoms with Gasteiger partial charge in [-0.3, -0.25) is 9.59 Å². The minimum atomic E-state index is -4.65. The number of carboxylic acids is 1. The molecular weight excluding hydrogens is 311 g/mol. The Labute approximate surface area is 121 Å². The number of aliphatic carboxylic acids is 1. The number of methoxy groups -OCH3 is 1. The molecule has 0 radical (unpaired) electrons. The highest BCUT2D eigenvalue weighted by molar-refractivity contribution is 7.12. The summed E-state index contributed by atoms with van der Waals surface area (Å²) in [5.41, 5.74) is 0. The van der Waals surface area contributed by atoms with E-state index in [-0.39, 0.29) is 4.88 Å². The average Bonchev–Trinajstić information content (AvgIpc) is 3.04. The third-order valence-electron chi connectivity index (χ3n) is 3.37. The summed E-state index contributed by atoms with van der Waals surface area (Å²) in [6, 6.07) is 1.42. The third kappa shape index (κ3) is 3.12. The van der Waals surface area contributed by atoms with Crippen LogP contribution >= 0.6 is 11.3 Å². The fraction of sp³-hybridized carbons (Fsp3) is 0.500. The highest BCUT2D eigenvalue weighted by Crippen LogP contribution is 2.38. The van der Waals surface area contributed by atoms with E-state index in [1.807, 2.05) is 0 Å². The van der Waals surface area contributed by atoms with Gasteiger partial charge in [0.15, 0.2) is 0 Å². The molecule has 0 spiro atoms. The first-order valence-corrected chi connectivity index (χ1v) is 6.83. The molecule has 1 saturated heterocycles. The molecule has 0 bridgehead atoms. The second-order valence-corrected chi connectivity index (χ2v) is 5.56. The number of hydrogen-bond donors (Lipinski definition) is 1. The van der Waals surface area contributed by atoms with Gasteiger partial charge in [-0.05, 0) is 0 Å². The van der Waals surface area contributed by atoms with Crippen LogP contribution in [0.3, 0.4) is 0 Å². The van der Waals surface area contributed by atoms with Crippen molar-refractivity contribution in [2.45, 2.75) is 6.18 Å². The monoisotopic (exact) mass is 323 g/mol. The minimum Gasteiger partial charge on any atom is -0.496 e. The van der Waals surface area contributed by atoms with Crippen LogP contribution in [-0.4, -0.2) is 48.3 Å². The predicted octanol–water partition coefficient (Wildman–Crippen LogP) is 2.09. The van der Waals surface area contributed by atoms with Crippen molar-refractivity contribution in [2.24, 2.45) is 11.8 Å². The van der Waals surface area contributed by atoms with E-state index in [0.717, 1.165) is 16.2 Å². The fourth-order valence-corrected chi connectivity index (χ4v) is 3.07. The highest BCUT2D eigenvalue weighted by atomic mass is 32.1. The van der Waals surface area contributed by atoms with Gasteiger partial charge in [0.1, 0.15) is 5.75 Å². The molecule has 116 valence electrons. The molecule has 1 fully saturated rings. The summed E-state index contributed by atoms with van der Waals surface area (Å²) in [6.45, 7) is -1.09. The van der Waals surface area contributed by atoms with E-state index in [1.165, 1.54) is 13.2 Å². The van der Waals surface area contributed by atoms with Crippen LogP contribution < -0.4 is 4.74 Å². The van der Waals surface area contributed by atoms with Crippen LogP contribution in [0.4, 0.5) is 13.2 Å². The van der Waals surface area contributed by atoms with Gasteiger partial charge in [0.05, 0.1) is 23.8 Å². The Morgan fingerprint density at radius 3 is 2.52 bits per heavy atom. The lowest BCUT2D eigenvalue weighted by atomic mass is 9.96. The van der Waals surface area contributed by atoms with Crippen LogP contribution in [0.5, 0.6) is 5.75 Å². The van der Waals surface area contributed by atoms with Crippen molar-refractivity contribution < 1.29 is 32.6 Å². The van der Waals surface area contributed by atoms with Crippen LogP contribution in [0.25, 0.3) is 0 Å². The van der Waals surface area contributed by atoms with E-state index in [2.05, 4.69) is 0 Å². The number of thiophene rings is 1. The van der Waals surface area contributed by atoms with E-state index in [9.17, 15) is 22.8 Å². The molecule has 9 heteroatoms. The van der Waals surface area contributed by atoms with Crippen LogP contribution in [0.2, 0.25) is 0 Å². The molecule has 1 aliphatic heterocycles. The number of rotatable bonds is 3. The number of carboxylic acid groups (broad SMARTS) is 1. The average molecular weight is 323 g/mol. The van der Waals surface area contributed by atoms with Crippen LogP contribution in [0, 0.1) is 11.8 Å². The molecule has 0 aromatic carbocycles. The van der Waals surface area contributed by atoms with Crippen molar-refractivity contribution in [2.75, 3.05) is 20.2 Å². The molecule has 1 N–H and O–H groups in total. The van der Waals surface area contributed by atoms with Gasteiger partial charge >= 0.3 is 12.1 Å². The molecule has 0 saturated carbocycles. The van der Waals surface area contributed by atoms with Crippen molar-refractivity contribution in [1.82, 2.24) is 4.90 Å². The Hall–Kier alpha value is -1.77. The second-order valence-electron chi connectivity index (χ2n) is 4.65. The zero-order valence-electron chi connectivity index (χ0n) is 10.9. The predicted molar refractivity (Wildman–Crippen MR) is 67.4 cm³/mol. The molecular formula is C12H12F3NO4S. The van der Waals surface area contributed by atoms with Crippen LogP contribution in [-0.2, 0) is 4.79 Å². The minimum absolute atomic E-state index is 0.221. The summed E-state index contributed by atoms with van der Waals surface area (Å²) < 4.78 is 43.5. The standard InChI is InChI=1S/C12H12F3NO4S/c1-20-6-2-9(21-5-6)10(17)16-3-7(11(18)19)8(4-16)12(13,14)15/h2,5,7-8H,3-4H2,1H3,(H,18,19)/t7-,8-/m1/s1. The smallest absolute Gasteiger partial charge is 0.394 e. The van der Waals surface area contributed by atoms with Crippen molar-refractivity contribution in [1.29, 1.82) is 0 Å².